The van der Waals surface area contributed by atoms with E-state index in [1.54, 1.807) is 0 Å². The molecule has 1 atom stereocenters. The van der Waals surface area contributed by atoms with Crippen molar-refractivity contribution in [2.24, 2.45) is 11.1 Å². The van der Waals surface area contributed by atoms with Crippen molar-refractivity contribution in [1.29, 1.82) is 0 Å². The second-order valence-corrected chi connectivity index (χ2v) is 5.58. The first kappa shape index (κ1) is 10.5. The van der Waals surface area contributed by atoms with Gasteiger partial charge in [-0.25, -0.2) is 0 Å². The molecule has 1 aromatic carbocycles. The van der Waals surface area contributed by atoms with Crippen molar-refractivity contribution in [3.63, 3.8) is 0 Å². The molecule has 0 aromatic heterocycles. The number of benzene rings is 1. The molecule has 0 heterocycles. The van der Waals surface area contributed by atoms with Gasteiger partial charge in [0.25, 0.3) is 0 Å². The highest BCUT2D eigenvalue weighted by atomic mass is 79.9. The van der Waals surface area contributed by atoms with Crippen LogP contribution in [0.25, 0.3) is 0 Å². The molecule has 1 spiro atoms. The first-order valence-electron chi connectivity index (χ1n) is 4.72. The maximum atomic E-state index is 6.35. The number of rotatable bonds is 0. The highest BCUT2D eigenvalue weighted by Crippen LogP contribution is 2.66. The third-order valence-electron chi connectivity index (χ3n) is 3.56. The van der Waals surface area contributed by atoms with Crippen LogP contribution in [0.2, 0.25) is 0 Å². The van der Waals surface area contributed by atoms with Crippen molar-refractivity contribution in [2.45, 2.75) is 23.7 Å². The summed E-state index contributed by atoms with van der Waals surface area (Å²) in [5.74, 6) is 0. The quantitative estimate of drug-likeness (QED) is 0.571. The van der Waals surface area contributed by atoms with E-state index < -0.39 is 0 Å². The number of alkyl halides is 1. The van der Waals surface area contributed by atoms with Gasteiger partial charge in [0.1, 0.15) is 4.45 Å². The Morgan fingerprint density at radius 1 is 1.21 bits per heavy atom. The molecule has 14 heavy (non-hydrogen) atoms. The number of nitrogens with two attached hydrogens (primary N) is 1. The summed E-state index contributed by atoms with van der Waals surface area (Å²) in [6.45, 7) is 0. The van der Waals surface area contributed by atoms with Gasteiger partial charge in [-0.15, -0.1) is 12.4 Å². The average molecular weight is 275 g/mol. The fourth-order valence-corrected chi connectivity index (χ4v) is 3.42. The van der Waals surface area contributed by atoms with Gasteiger partial charge in [0, 0.05) is 5.41 Å². The van der Waals surface area contributed by atoms with E-state index in [4.69, 9.17) is 5.73 Å². The molecular weight excluding hydrogens is 261 g/mol. The van der Waals surface area contributed by atoms with E-state index in [0.717, 1.165) is 6.42 Å². The maximum Gasteiger partial charge on any atom is 0.103 e. The van der Waals surface area contributed by atoms with Crippen LogP contribution in [0.1, 0.15) is 24.0 Å². The van der Waals surface area contributed by atoms with E-state index in [1.165, 1.54) is 24.0 Å². The van der Waals surface area contributed by atoms with E-state index in [1.807, 2.05) is 0 Å². The lowest BCUT2D eigenvalue weighted by atomic mass is 9.98. The molecule has 3 rings (SSSR count). The number of hydrogen-bond acceptors (Lipinski definition) is 1. The standard InChI is InChI=1S/C11H12BrN.ClH/c12-11(13)9-4-2-1-3-8(9)7-10(11)5-6-10;/h1-4H,5-7,13H2;1H. The normalized spacial score (nSPS) is 31.0. The van der Waals surface area contributed by atoms with Crippen molar-refractivity contribution >= 4 is 28.3 Å². The third kappa shape index (κ3) is 1.11. The minimum absolute atomic E-state index is 0. The van der Waals surface area contributed by atoms with Crippen LogP contribution in [-0.4, -0.2) is 0 Å². The van der Waals surface area contributed by atoms with Gasteiger partial charge in [0.2, 0.25) is 0 Å². The van der Waals surface area contributed by atoms with Crippen molar-refractivity contribution in [1.82, 2.24) is 0 Å². The molecule has 2 aliphatic rings. The molecule has 2 N–H and O–H groups in total. The van der Waals surface area contributed by atoms with E-state index in [2.05, 4.69) is 40.2 Å². The van der Waals surface area contributed by atoms with Gasteiger partial charge in [0.05, 0.1) is 0 Å². The Kier molecular flexibility index (Phi) is 2.22. The Labute approximate surface area is 98.6 Å². The minimum atomic E-state index is -0.253. The summed E-state index contributed by atoms with van der Waals surface area (Å²) >= 11 is 3.70. The summed E-state index contributed by atoms with van der Waals surface area (Å²) in [5, 5.41) is 0. The van der Waals surface area contributed by atoms with Gasteiger partial charge in [-0.3, -0.25) is 0 Å². The Hall–Kier alpha value is -0.0500. The minimum Gasteiger partial charge on any atom is -0.312 e. The first-order chi connectivity index (χ1) is 6.16. The van der Waals surface area contributed by atoms with Crippen LogP contribution < -0.4 is 5.73 Å². The SMILES string of the molecule is Cl.NC1(Br)c2ccccc2CC12CC2. The van der Waals surface area contributed by atoms with Crippen LogP contribution >= 0.6 is 28.3 Å². The summed E-state index contributed by atoms with van der Waals surface area (Å²) in [6.07, 6.45) is 3.69. The maximum absolute atomic E-state index is 6.35. The molecule has 1 fully saturated rings. The summed E-state index contributed by atoms with van der Waals surface area (Å²) < 4.78 is -0.253. The monoisotopic (exact) mass is 273 g/mol. The van der Waals surface area contributed by atoms with Gasteiger partial charge < -0.3 is 5.73 Å². The highest BCUT2D eigenvalue weighted by Gasteiger charge is 2.61. The predicted molar refractivity (Wildman–Crippen MR) is 63.9 cm³/mol. The molecule has 1 nitrogen and oxygen atoms in total. The van der Waals surface area contributed by atoms with Crippen LogP contribution in [-0.2, 0) is 10.9 Å². The second kappa shape index (κ2) is 2.97. The van der Waals surface area contributed by atoms with Crippen molar-refractivity contribution < 1.29 is 0 Å². The van der Waals surface area contributed by atoms with Gasteiger partial charge in [0.15, 0.2) is 0 Å². The number of hydrogen-bond donors (Lipinski definition) is 1. The molecule has 76 valence electrons. The molecule has 0 radical (unpaired) electrons. The first-order valence-corrected chi connectivity index (χ1v) is 5.51. The predicted octanol–water partition coefficient (Wildman–Crippen LogP) is 2.95. The molecule has 1 saturated carbocycles. The fraction of sp³-hybridized carbons (Fsp3) is 0.455. The average Bonchev–Trinajstić information content (AvgIpc) is 2.82. The lowest BCUT2D eigenvalue weighted by Crippen LogP contribution is -2.35. The smallest absolute Gasteiger partial charge is 0.103 e. The summed E-state index contributed by atoms with van der Waals surface area (Å²) in [5.41, 5.74) is 9.42. The lowest BCUT2D eigenvalue weighted by molar-refractivity contribution is 0.413. The largest absolute Gasteiger partial charge is 0.312 e. The van der Waals surface area contributed by atoms with Crippen LogP contribution in [0.15, 0.2) is 24.3 Å². The molecule has 1 aromatic rings. The van der Waals surface area contributed by atoms with Gasteiger partial charge in [-0.1, -0.05) is 40.2 Å². The highest BCUT2D eigenvalue weighted by molar-refractivity contribution is 9.09. The Bertz CT molecular complexity index is 371. The molecule has 0 amide bonds. The van der Waals surface area contributed by atoms with Gasteiger partial charge >= 0.3 is 0 Å². The Balaban J connectivity index is 0.000000750. The zero-order chi connectivity index (χ0) is 9.10. The van der Waals surface area contributed by atoms with Crippen molar-refractivity contribution in [2.75, 3.05) is 0 Å². The number of halogens is 2. The van der Waals surface area contributed by atoms with E-state index >= 15 is 0 Å². The zero-order valence-corrected chi connectivity index (χ0v) is 10.2. The number of fused-ring (bicyclic) bond motifs is 1. The van der Waals surface area contributed by atoms with E-state index in [0.29, 0.717) is 5.41 Å². The van der Waals surface area contributed by atoms with Crippen LogP contribution in [0.3, 0.4) is 0 Å². The molecule has 0 saturated heterocycles. The Morgan fingerprint density at radius 3 is 2.43 bits per heavy atom. The molecule has 0 aliphatic heterocycles. The fourth-order valence-electron chi connectivity index (χ4n) is 2.50. The summed E-state index contributed by atoms with van der Waals surface area (Å²) in [6, 6.07) is 8.52. The lowest BCUT2D eigenvalue weighted by Gasteiger charge is -2.25. The summed E-state index contributed by atoms with van der Waals surface area (Å²) in [7, 11) is 0. The summed E-state index contributed by atoms with van der Waals surface area (Å²) in [4.78, 5) is 0. The topological polar surface area (TPSA) is 26.0 Å². The van der Waals surface area contributed by atoms with Crippen LogP contribution in [0.4, 0.5) is 0 Å². The second-order valence-electron chi connectivity index (χ2n) is 4.33. The molecule has 1 unspecified atom stereocenters. The molecular formula is C11H13BrClN. The third-order valence-corrected chi connectivity index (χ3v) is 4.83. The van der Waals surface area contributed by atoms with Crippen LogP contribution in [0, 0.1) is 5.41 Å². The van der Waals surface area contributed by atoms with E-state index in [9.17, 15) is 0 Å². The zero-order valence-electron chi connectivity index (χ0n) is 7.79. The Morgan fingerprint density at radius 2 is 1.86 bits per heavy atom. The van der Waals surface area contributed by atoms with Gasteiger partial charge in [-0.05, 0) is 30.4 Å². The van der Waals surface area contributed by atoms with Crippen LogP contribution in [0.5, 0.6) is 0 Å². The van der Waals surface area contributed by atoms with Crippen molar-refractivity contribution in [3.05, 3.63) is 35.4 Å². The molecule has 3 heteroatoms. The molecule has 2 aliphatic carbocycles. The molecule has 0 bridgehead atoms. The van der Waals surface area contributed by atoms with E-state index in [-0.39, 0.29) is 16.9 Å². The van der Waals surface area contributed by atoms with Crippen molar-refractivity contribution in [3.8, 4) is 0 Å². The van der Waals surface area contributed by atoms with Gasteiger partial charge in [-0.2, -0.15) is 0 Å².